The summed E-state index contributed by atoms with van der Waals surface area (Å²) >= 11 is 1.70. The lowest BCUT2D eigenvalue weighted by Crippen LogP contribution is -2.32. The van der Waals surface area contributed by atoms with E-state index < -0.39 is 6.36 Å². The van der Waals surface area contributed by atoms with E-state index in [2.05, 4.69) is 75.0 Å². The normalized spacial score (nSPS) is 16.9. The summed E-state index contributed by atoms with van der Waals surface area (Å²) in [5.41, 5.74) is 4.67. The van der Waals surface area contributed by atoms with Gasteiger partial charge in [-0.25, -0.2) is 9.67 Å². The molecule has 0 bridgehead atoms. The Morgan fingerprint density at radius 1 is 1.02 bits per heavy atom. The van der Waals surface area contributed by atoms with Gasteiger partial charge in [0.2, 0.25) is 0 Å². The molecule has 1 aliphatic rings. The lowest BCUT2D eigenvalue weighted by Gasteiger charge is -2.26. The molecule has 0 aliphatic carbocycles. The summed E-state index contributed by atoms with van der Waals surface area (Å²) in [6.07, 6.45) is -1.52. The first kappa shape index (κ1) is 27.4. The topological polar surface area (TPSA) is 67.9 Å². The van der Waals surface area contributed by atoms with Crippen LogP contribution in [0.25, 0.3) is 17.1 Å². The number of amidine groups is 1. The van der Waals surface area contributed by atoms with E-state index >= 15 is 0 Å². The molecule has 7 nitrogen and oxygen atoms in total. The Hall–Kier alpha value is -4.12. The summed E-state index contributed by atoms with van der Waals surface area (Å²) in [5, 5.41) is 14.2. The molecule has 1 unspecified atom stereocenters. The van der Waals surface area contributed by atoms with Crippen molar-refractivity contribution < 1.29 is 17.9 Å². The van der Waals surface area contributed by atoms with Crippen molar-refractivity contribution in [3.8, 4) is 22.8 Å². The summed E-state index contributed by atoms with van der Waals surface area (Å²) in [6, 6.07) is 21.7. The first-order valence-corrected chi connectivity index (χ1v) is 13.7. The molecule has 5 rings (SSSR count). The van der Waals surface area contributed by atoms with E-state index in [0.29, 0.717) is 23.5 Å². The van der Waals surface area contributed by atoms with Gasteiger partial charge in [-0.1, -0.05) is 68.1 Å². The summed E-state index contributed by atoms with van der Waals surface area (Å²) in [6.45, 7) is 6.58. The van der Waals surface area contributed by atoms with E-state index in [0.717, 1.165) is 22.0 Å². The summed E-state index contributed by atoms with van der Waals surface area (Å²) < 4.78 is 42.6. The molecule has 3 aromatic carbocycles. The standard InChI is InChI=1S/C29H27F3N6OS/c1-19(2)25-6-4-5-7-26(25)38-20(3)17-40-28(38)35-34-16-21-8-10-22(11-9-21)27-33-18-37(36-27)23-12-14-24(15-13-23)39-29(30,31)32/h4-16,18-20H,17H2,1-3H3. The van der Waals surface area contributed by atoms with Crippen molar-refractivity contribution >= 4 is 28.8 Å². The predicted octanol–water partition coefficient (Wildman–Crippen LogP) is 7.29. The summed E-state index contributed by atoms with van der Waals surface area (Å²) in [4.78, 5) is 6.59. The largest absolute Gasteiger partial charge is 0.573 e. The third-order valence-corrected chi connectivity index (χ3v) is 7.45. The molecule has 206 valence electrons. The first-order chi connectivity index (χ1) is 19.2. The summed E-state index contributed by atoms with van der Waals surface area (Å²) in [5.74, 6) is 1.53. The van der Waals surface area contributed by atoms with Crippen molar-refractivity contribution in [1.29, 1.82) is 0 Å². The van der Waals surface area contributed by atoms with E-state index in [1.54, 1.807) is 18.0 Å². The van der Waals surface area contributed by atoms with Crippen molar-refractivity contribution in [2.45, 2.75) is 39.1 Å². The molecule has 0 amide bonds. The lowest BCUT2D eigenvalue weighted by molar-refractivity contribution is -0.274. The van der Waals surface area contributed by atoms with Gasteiger partial charge in [-0.15, -0.1) is 23.4 Å². The Kier molecular flexibility index (Phi) is 7.92. The van der Waals surface area contributed by atoms with Crippen molar-refractivity contribution in [3.05, 3.63) is 90.3 Å². The van der Waals surface area contributed by atoms with Crippen molar-refractivity contribution in [2.24, 2.45) is 10.2 Å². The highest BCUT2D eigenvalue weighted by Crippen LogP contribution is 2.35. The zero-order valence-electron chi connectivity index (χ0n) is 22.1. The van der Waals surface area contributed by atoms with Gasteiger partial charge in [0, 0.05) is 23.0 Å². The number of halogens is 3. The average molecular weight is 565 g/mol. The van der Waals surface area contributed by atoms with Crippen molar-refractivity contribution in [1.82, 2.24) is 14.8 Å². The number of rotatable bonds is 7. The van der Waals surface area contributed by atoms with Crippen LogP contribution in [0.5, 0.6) is 5.75 Å². The number of anilines is 1. The minimum absolute atomic E-state index is 0.298. The second kappa shape index (κ2) is 11.5. The molecule has 1 aliphatic heterocycles. The van der Waals surface area contributed by atoms with Gasteiger partial charge in [0.05, 0.1) is 11.9 Å². The lowest BCUT2D eigenvalue weighted by atomic mass is 10.00. The fourth-order valence-electron chi connectivity index (χ4n) is 4.32. The van der Waals surface area contributed by atoms with Crippen molar-refractivity contribution in [3.63, 3.8) is 0 Å². The Morgan fingerprint density at radius 2 is 1.75 bits per heavy atom. The Balaban J connectivity index is 1.27. The average Bonchev–Trinajstić information content (AvgIpc) is 3.56. The second-order valence-electron chi connectivity index (χ2n) is 9.55. The van der Waals surface area contributed by atoms with Gasteiger partial charge < -0.3 is 9.64 Å². The molecular formula is C29H27F3N6OS. The highest BCUT2D eigenvalue weighted by molar-refractivity contribution is 8.14. The van der Waals surface area contributed by atoms with Gasteiger partial charge in [-0.2, -0.15) is 5.10 Å². The van der Waals surface area contributed by atoms with E-state index in [4.69, 9.17) is 0 Å². The number of alkyl halides is 3. The van der Waals surface area contributed by atoms with Crippen LogP contribution in [0, 0.1) is 0 Å². The van der Waals surface area contributed by atoms with Gasteiger partial charge in [-0.05, 0) is 54.3 Å². The minimum Gasteiger partial charge on any atom is -0.406 e. The molecule has 40 heavy (non-hydrogen) atoms. The number of hydrogen-bond acceptors (Lipinski definition) is 6. The maximum atomic E-state index is 12.4. The molecule has 11 heteroatoms. The number of para-hydroxylation sites is 1. The number of thioether (sulfide) groups is 1. The van der Waals surface area contributed by atoms with Crippen LogP contribution < -0.4 is 9.64 Å². The maximum Gasteiger partial charge on any atom is 0.573 e. The minimum atomic E-state index is -4.74. The molecular weight excluding hydrogens is 537 g/mol. The summed E-state index contributed by atoms with van der Waals surface area (Å²) in [7, 11) is 0. The Labute approximate surface area is 234 Å². The third kappa shape index (κ3) is 6.36. The number of nitrogens with zero attached hydrogens (tertiary/aromatic N) is 6. The van der Waals surface area contributed by atoms with Crippen LogP contribution in [0.2, 0.25) is 0 Å². The van der Waals surface area contributed by atoms with Gasteiger partial charge in [0.1, 0.15) is 12.1 Å². The molecule has 0 radical (unpaired) electrons. The van der Waals surface area contributed by atoms with Gasteiger partial charge >= 0.3 is 6.36 Å². The molecule has 1 saturated heterocycles. The van der Waals surface area contributed by atoms with Gasteiger partial charge in [0.25, 0.3) is 0 Å². The number of benzene rings is 3. The van der Waals surface area contributed by atoms with E-state index in [-0.39, 0.29) is 5.75 Å². The fourth-order valence-corrected chi connectivity index (χ4v) is 5.39. The van der Waals surface area contributed by atoms with Crippen LogP contribution in [-0.4, -0.2) is 44.3 Å². The first-order valence-electron chi connectivity index (χ1n) is 12.7. The van der Waals surface area contributed by atoms with Crippen LogP contribution in [-0.2, 0) is 0 Å². The highest BCUT2D eigenvalue weighted by Gasteiger charge is 2.31. The third-order valence-electron chi connectivity index (χ3n) is 6.26. The fraction of sp³-hybridized carbons (Fsp3) is 0.241. The molecule has 4 aromatic rings. The molecule has 0 N–H and O–H groups in total. The molecule has 0 spiro atoms. The highest BCUT2D eigenvalue weighted by atomic mass is 32.2. The maximum absolute atomic E-state index is 12.4. The van der Waals surface area contributed by atoms with Crippen LogP contribution in [0.3, 0.4) is 0 Å². The molecule has 1 atom stereocenters. The quantitative estimate of drug-likeness (QED) is 0.174. The molecule has 2 heterocycles. The van der Waals surface area contributed by atoms with Crippen LogP contribution >= 0.6 is 11.8 Å². The van der Waals surface area contributed by atoms with E-state index in [1.807, 2.05) is 24.3 Å². The number of hydrogen-bond donors (Lipinski definition) is 0. The van der Waals surface area contributed by atoms with E-state index in [1.165, 1.54) is 46.5 Å². The van der Waals surface area contributed by atoms with Crippen LogP contribution in [0.1, 0.15) is 37.8 Å². The zero-order chi connectivity index (χ0) is 28.3. The molecule has 0 saturated carbocycles. The Morgan fingerprint density at radius 3 is 2.45 bits per heavy atom. The Bertz CT molecular complexity index is 1510. The number of aromatic nitrogens is 3. The second-order valence-corrected chi connectivity index (χ2v) is 10.5. The van der Waals surface area contributed by atoms with E-state index in [9.17, 15) is 13.2 Å². The monoisotopic (exact) mass is 564 g/mol. The van der Waals surface area contributed by atoms with Crippen LogP contribution in [0.4, 0.5) is 18.9 Å². The predicted molar refractivity (Wildman–Crippen MR) is 153 cm³/mol. The van der Waals surface area contributed by atoms with Gasteiger partial charge in [-0.3, -0.25) is 0 Å². The van der Waals surface area contributed by atoms with Gasteiger partial charge in [0.15, 0.2) is 11.0 Å². The molecule has 1 aromatic heterocycles. The SMILES string of the molecule is CC(C)c1ccccc1N1C(=NN=Cc2ccc(-c3ncn(-c4ccc(OC(F)(F)F)cc4)n3)cc2)SCC1C. The van der Waals surface area contributed by atoms with Crippen LogP contribution in [0.15, 0.2) is 89.3 Å². The van der Waals surface area contributed by atoms with Crippen molar-refractivity contribution in [2.75, 3.05) is 10.7 Å². The zero-order valence-corrected chi connectivity index (χ0v) is 22.9. The smallest absolute Gasteiger partial charge is 0.406 e. The number of ether oxygens (including phenoxy) is 1. The molecule has 1 fully saturated rings.